The number of hydrogen-bond acceptors (Lipinski definition) is 6. The number of phenols is 2. The third-order valence-electron chi connectivity index (χ3n) is 5.31. The fourth-order valence-electron chi connectivity index (χ4n) is 3.60. The quantitative estimate of drug-likeness (QED) is 0.172. The van der Waals surface area contributed by atoms with Gasteiger partial charge in [0, 0.05) is 23.1 Å². The van der Waals surface area contributed by atoms with E-state index in [0.29, 0.717) is 33.5 Å². The number of ether oxygens (including phenoxy) is 1. The van der Waals surface area contributed by atoms with Crippen LogP contribution >= 0.6 is 0 Å². The monoisotopic (exact) mass is 448 g/mol. The molecule has 4 aromatic rings. The van der Waals surface area contributed by atoms with Crippen molar-refractivity contribution in [3.8, 4) is 34.0 Å². The Hall–Kier alpha value is -4.40. The average Bonchev–Trinajstić information content (AvgIpc) is 3.22. The number of nitrogens with zero attached hydrogens (tertiary/aromatic N) is 1. The van der Waals surface area contributed by atoms with Gasteiger partial charge in [-0.3, -0.25) is 10.2 Å². The smallest absolute Gasteiger partial charge is 0.305 e. The number of rotatable bonds is 6. The average molecular weight is 448 g/mol. The molecule has 1 heterocycles. The van der Waals surface area contributed by atoms with E-state index in [2.05, 4.69) is 9.97 Å². The summed E-state index contributed by atoms with van der Waals surface area (Å²) in [6, 6.07) is 11.7. The molecule has 0 radical (unpaired) electrons. The summed E-state index contributed by atoms with van der Waals surface area (Å²) in [4.78, 5) is 19.3. The number of aromatic hydroxyl groups is 2. The number of nitrogens with two attached hydrogens (primary N) is 1. The van der Waals surface area contributed by atoms with Gasteiger partial charge in [-0.05, 0) is 60.5 Å². The van der Waals surface area contributed by atoms with E-state index in [1.165, 1.54) is 13.2 Å². The second-order valence-corrected chi connectivity index (χ2v) is 7.51. The zero-order valence-electron chi connectivity index (χ0n) is 17.6. The standard InChI is InChI=1S/C24H21FN4O4/c1-33-21(31)7-2-12-8-16(15-11-14(25)4-6-20(15)30)22(32)17(9-12)24-28-18-5-3-13(23(26)27)10-19(18)29-24/h3-6,8-11,30,32H,2,7H2,1H3,(H3,26,27)(H,28,29). The van der Waals surface area contributed by atoms with E-state index in [4.69, 9.17) is 15.9 Å². The first-order valence-corrected chi connectivity index (χ1v) is 10.0. The zero-order valence-corrected chi connectivity index (χ0v) is 17.6. The maximum Gasteiger partial charge on any atom is 0.305 e. The van der Waals surface area contributed by atoms with Crippen molar-refractivity contribution in [3.63, 3.8) is 0 Å². The summed E-state index contributed by atoms with van der Waals surface area (Å²) in [5, 5.41) is 29.0. The molecule has 0 bridgehead atoms. The lowest BCUT2D eigenvalue weighted by molar-refractivity contribution is -0.140. The predicted molar refractivity (Wildman–Crippen MR) is 122 cm³/mol. The lowest BCUT2D eigenvalue weighted by Gasteiger charge is -2.13. The first-order valence-electron chi connectivity index (χ1n) is 10.0. The Balaban J connectivity index is 1.89. The predicted octanol–water partition coefficient (Wildman–Crippen LogP) is 3.84. The molecule has 0 aliphatic rings. The van der Waals surface area contributed by atoms with Crippen molar-refractivity contribution in [1.82, 2.24) is 9.97 Å². The van der Waals surface area contributed by atoms with Crippen LogP contribution in [0.15, 0.2) is 48.5 Å². The number of esters is 1. The molecule has 3 aromatic carbocycles. The van der Waals surface area contributed by atoms with Crippen LogP contribution in [-0.4, -0.2) is 39.1 Å². The minimum Gasteiger partial charge on any atom is -0.507 e. The number of aromatic amines is 1. The Kier molecular flexibility index (Phi) is 5.70. The molecule has 168 valence electrons. The topological polar surface area (TPSA) is 145 Å². The lowest BCUT2D eigenvalue weighted by Crippen LogP contribution is -2.10. The third-order valence-corrected chi connectivity index (χ3v) is 5.31. The fourth-order valence-corrected chi connectivity index (χ4v) is 3.60. The Bertz CT molecular complexity index is 1400. The van der Waals surface area contributed by atoms with Crippen molar-refractivity contribution in [2.24, 2.45) is 5.73 Å². The second kappa shape index (κ2) is 8.62. The molecular formula is C24H21FN4O4. The lowest BCUT2D eigenvalue weighted by atomic mass is 9.95. The summed E-state index contributed by atoms with van der Waals surface area (Å²) in [5.41, 5.74) is 8.49. The Morgan fingerprint density at radius 2 is 1.88 bits per heavy atom. The van der Waals surface area contributed by atoms with Gasteiger partial charge in [0.25, 0.3) is 0 Å². The number of aromatic nitrogens is 2. The molecule has 0 saturated carbocycles. The number of H-pyrrole nitrogens is 1. The molecular weight excluding hydrogens is 427 g/mol. The minimum atomic E-state index is -0.579. The number of hydrogen-bond donors (Lipinski definition) is 5. The van der Waals surface area contributed by atoms with E-state index in [1.807, 2.05) is 0 Å². The van der Waals surface area contributed by atoms with E-state index < -0.39 is 11.8 Å². The van der Waals surface area contributed by atoms with Crippen molar-refractivity contribution in [3.05, 3.63) is 65.5 Å². The molecule has 0 aliphatic heterocycles. The van der Waals surface area contributed by atoms with Gasteiger partial charge in [-0.15, -0.1) is 0 Å². The van der Waals surface area contributed by atoms with Crippen LogP contribution in [0.3, 0.4) is 0 Å². The van der Waals surface area contributed by atoms with Crippen LogP contribution in [0.25, 0.3) is 33.5 Å². The molecule has 0 unspecified atom stereocenters. The van der Waals surface area contributed by atoms with Crippen LogP contribution in [0.4, 0.5) is 4.39 Å². The van der Waals surface area contributed by atoms with Gasteiger partial charge in [0.2, 0.25) is 0 Å². The molecule has 0 fully saturated rings. The van der Waals surface area contributed by atoms with Crippen LogP contribution in [0.1, 0.15) is 17.5 Å². The molecule has 4 rings (SSSR count). The fraction of sp³-hybridized carbons (Fsp3) is 0.125. The normalized spacial score (nSPS) is 11.0. The summed E-state index contributed by atoms with van der Waals surface area (Å²) in [5.74, 6) is -1.19. The number of carbonyl (C=O) groups is 1. The molecule has 8 nitrogen and oxygen atoms in total. The van der Waals surface area contributed by atoms with Crippen molar-refractivity contribution < 1.29 is 24.1 Å². The van der Waals surface area contributed by atoms with E-state index in [9.17, 15) is 19.4 Å². The van der Waals surface area contributed by atoms with Crippen LogP contribution < -0.4 is 5.73 Å². The zero-order chi connectivity index (χ0) is 23.7. The van der Waals surface area contributed by atoms with Gasteiger partial charge in [0.15, 0.2) is 0 Å². The molecule has 0 spiro atoms. The number of phenolic OH excluding ortho intramolecular Hbond substituents is 2. The summed E-state index contributed by atoms with van der Waals surface area (Å²) in [6.45, 7) is 0. The summed E-state index contributed by atoms with van der Waals surface area (Å²) in [6.07, 6.45) is 0.384. The van der Waals surface area contributed by atoms with Gasteiger partial charge in [-0.25, -0.2) is 9.37 Å². The van der Waals surface area contributed by atoms with Gasteiger partial charge in [0.1, 0.15) is 29.0 Å². The molecule has 0 saturated heterocycles. The Morgan fingerprint density at radius 3 is 2.61 bits per heavy atom. The summed E-state index contributed by atoms with van der Waals surface area (Å²) >= 11 is 0. The van der Waals surface area contributed by atoms with E-state index >= 15 is 0 Å². The summed E-state index contributed by atoms with van der Waals surface area (Å²) in [7, 11) is 1.30. The molecule has 6 N–H and O–H groups in total. The van der Waals surface area contributed by atoms with E-state index in [1.54, 1.807) is 30.3 Å². The van der Waals surface area contributed by atoms with Crippen LogP contribution in [0, 0.1) is 11.2 Å². The third kappa shape index (κ3) is 4.33. The highest BCUT2D eigenvalue weighted by Gasteiger charge is 2.19. The molecule has 1 aromatic heterocycles. The molecule has 0 atom stereocenters. The van der Waals surface area contributed by atoms with Gasteiger partial charge >= 0.3 is 5.97 Å². The SMILES string of the molecule is COC(=O)CCc1cc(-c2nc3cc(C(=N)N)ccc3[nH]2)c(O)c(-c2cc(F)ccc2O)c1. The minimum absolute atomic E-state index is 0.0946. The van der Waals surface area contributed by atoms with E-state index in [0.717, 1.165) is 12.1 Å². The van der Waals surface area contributed by atoms with Gasteiger partial charge in [0.05, 0.1) is 23.7 Å². The Morgan fingerprint density at radius 1 is 1.12 bits per heavy atom. The first-order chi connectivity index (χ1) is 15.8. The van der Waals surface area contributed by atoms with Crippen molar-refractivity contribution in [1.29, 1.82) is 5.41 Å². The molecule has 0 amide bonds. The number of aryl methyl sites for hydroxylation is 1. The first kappa shape index (κ1) is 21.8. The molecule has 0 aliphatic carbocycles. The maximum absolute atomic E-state index is 13.9. The highest BCUT2D eigenvalue weighted by atomic mass is 19.1. The number of methoxy groups -OCH3 is 1. The van der Waals surface area contributed by atoms with Crippen LogP contribution in [0.2, 0.25) is 0 Å². The number of fused-ring (bicyclic) bond motifs is 1. The highest BCUT2D eigenvalue weighted by Crippen LogP contribution is 2.42. The summed E-state index contributed by atoms with van der Waals surface area (Å²) < 4.78 is 18.6. The number of amidine groups is 1. The van der Waals surface area contributed by atoms with Crippen molar-refractivity contribution in [2.45, 2.75) is 12.8 Å². The largest absolute Gasteiger partial charge is 0.507 e. The second-order valence-electron chi connectivity index (χ2n) is 7.51. The maximum atomic E-state index is 13.9. The number of nitrogen functional groups attached to an aromatic ring is 1. The van der Waals surface area contributed by atoms with Gasteiger partial charge in [-0.2, -0.15) is 0 Å². The van der Waals surface area contributed by atoms with Crippen LogP contribution in [0.5, 0.6) is 11.5 Å². The Labute approximate surface area is 188 Å². The van der Waals surface area contributed by atoms with E-state index in [-0.39, 0.29) is 41.3 Å². The number of nitrogens with one attached hydrogen (secondary N) is 2. The molecule has 33 heavy (non-hydrogen) atoms. The number of benzene rings is 3. The number of carbonyl (C=O) groups excluding carboxylic acids is 1. The number of halogens is 1. The molecule has 9 heteroatoms. The van der Waals surface area contributed by atoms with Crippen LogP contribution in [-0.2, 0) is 16.0 Å². The van der Waals surface area contributed by atoms with Gasteiger partial charge < -0.3 is 25.7 Å². The van der Waals surface area contributed by atoms with Crippen molar-refractivity contribution >= 4 is 22.8 Å². The number of imidazole rings is 1. The van der Waals surface area contributed by atoms with Gasteiger partial charge in [-0.1, -0.05) is 0 Å². The van der Waals surface area contributed by atoms with Crippen molar-refractivity contribution in [2.75, 3.05) is 7.11 Å². The highest BCUT2D eigenvalue weighted by molar-refractivity contribution is 5.98.